The molecule has 0 saturated heterocycles. The van der Waals surface area contributed by atoms with Crippen LogP contribution in [-0.4, -0.2) is 51.0 Å². The summed E-state index contributed by atoms with van der Waals surface area (Å²) in [5.74, 6) is -1.49. The van der Waals surface area contributed by atoms with Crippen molar-refractivity contribution in [3.8, 4) is 22.4 Å². The molecule has 6 heterocycles. The molecular weight excluding hydrogens is 566 g/mol. The van der Waals surface area contributed by atoms with Crippen LogP contribution in [0.4, 0.5) is 14.5 Å². The fourth-order valence-corrected chi connectivity index (χ4v) is 5.83. The van der Waals surface area contributed by atoms with Gasteiger partial charge in [0.2, 0.25) is 0 Å². The van der Waals surface area contributed by atoms with E-state index < -0.39 is 23.9 Å². The number of amides is 2. The highest BCUT2D eigenvalue weighted by Gasteiger charge is 2.27. The highest BCUT2D eigenvalue weighted by molar-refractivity contribution is 7.21. The molecule has 2 amide bonds. The molecule has 0 atom stereocenters. The smallest absolute Gasteiger partial charge is 0.280 e. The van der Waals surface area contributed by atoms with E-state index in [0.717, 1.165) is 22.6 Å². The van der Waals surface area contributed by atoms with Crippen LogP contribution in [-0.2, 0) is 13.6 Å². The fourth-order valence-electron chi connectivity index (χ4n) is 4.82. The lowest BCUT2D eigenvalue weighted by atomic mass is 10.0. The maximum Gasteiger partial charge on any atom is 0.280 e. The minimum absolute atomic E-state index is 0.0138. The Morgan fingerprint density at radius 3 is 2.57 bits per heavy atom. The van der Waals surface area contributed by atoms with Crippen molar-refractivity contribution in [2.24, 2.45) is 12.8 Å². The molecule has 0 radical (unpaired) electrons. The van der Waals surface area contributed by atoms with Gasteiger partial charge in [0.1, 0.15) is 15.4 Å². The molecule has 12 nitrogen and oxygen atoms in total. The number of nitrogens with zero attached hydrogens (tertiary/aromatic N) is 8. The lowest BCUT2D eigenvalue weighted by Gasteiger charge is -2.10. The molecule has 0 unspecified atom stereocenters. The highest BCUT2D eigenvalue weighted by Crippen LogP contribution is 2.43. The zero-order valence-corrected chi connectivity index (χ0v) is 23.7. The largest absolute Gasteiger partial charge is 0.365 e. The normalized spacial score (nSPS) is 11.7. The van der Waals surface area contributed by atoms with Crippen LogP contribution in [0.25, 0.3) is 38.2 Å². The zero-order valence-electron chi connectivity index (χ0n) is 22.9. The van der Waals surface area contributed by atoms with E-state index in [1.54, 1.807) is 40.9 Å². The van der Waals surface area contributed by atoms with Crippen LogP contribution in [0.15, 0.2) is 36.8 Å². The Kier molecular flexibility index (Phi) is 6.52. The summed E-state index contributed by atoms with van der Waals surface area (Å²) in [6.07, 6.45) is 2.17. The first-order valence-corrected chi connectivity index (χ1v) is 13.6. The molecule has 0 aliphatic rings. The van der Waals surface area contributed by atoms with E-state index >= 15 is 0 Å². The average Bonchev–Trinajstić information content (AvgIpc) is 3.73. The van der Waals surface area contributed by atoms with Gasteiger partial charge in [-0.05, 0) is 38.5 Å². The Hall–Kier alpha value is -5.05. The van der Waals surface area contributed by atoms with Gasteiger partial charge in [-0.2, -0.15) is 15.3 Å². The molecule has 6 rings (SSSR count). The molecule has 0 aliphatic carbocycles. The quantitative estimate of drug-likeness (QED) is 0.277. The number of halogens is 2. The van der Waals surface area contributed by atoms with Crippen LogP contribution in [0.3, 0.4) is 0 Å². The molecule has 0 spiro atoms. The number of carbonyl (C=O) groups is 2. The summed E-state index contributed by atoms with van der Waals surface area (Å²) in [6, 6.07) is 4.52. The Bertz CT molecular complexity index is 2040. The number of aromatic nitrogens is 8. The van der Waals surface area contributed by atoms with E-state index in [2.05, 4.69) is 30.6 Å². The van der Waals surface area contributed by atoms with Crippen LogP contribution in [0, 0.1) is 13.8 Å². The van der Waals surface area contributed by atoms with Gasteiger partial charge in [0, 0.05) is 54.3 Å². The third-order valence-electron chi connectivity index (χ3n) is 7.03. The number of aryl methyl sites for hydroxylation is 3. The molecule has 0 bridgehead atoms. The topological polar surface area (TPSA) is 151 Å². The number of thiophene rings is 1. The Morgan fingerprint density at radius 2 is 1.93 bits per heavy atom. The number of anilines is 1. The van der Waals surface area contributed by atoms with Gasteiger partial charge >= 0.3 is 0 Å². The van der Waals surface area contributed by atoms with Gasteiger partial charge in [-0.15, -0.1) is 11.3 Å². The molecule has 6 aromatic heterocycles. The number of nitrogens with one attached hydrogen (secondary N) is 1. The van der Waals surface area contributed by atoms with Gasteiger partial charge in [0.25, 0.3) is 18.2 Å². The van der Waals surface area contributed by atoms with Crippen molar-refractivity contribution in [3.05, 3.63) is 64.4 Å². The van der Waals surface area contributed by atoms with Gasteiger partial charge in [-0.1, -0.05) is 0 Å². The second-order valence-electron chi connectivity index (χ2n) is 9.58. The predicted octanol–water partition coefficient (Wildman–Crippen LogP) is 4.53. The van der Waals surface area contributed by atoms with Gasteiger partial charge < -0.3 is 11.1 Å². The summed E-state index contributed by atoms with van der Waals surface area (Å²) in [6.45, 7) is 6.12. The van der Waals surface area contributed by atoms with Crippen molar-refractivity contribution in [3.63, 3.8) is 0 Å². The highest BCUT2D eigenvalue weighted by atomic mass is 32.1. The van der Waals surface area contributed by atoms with Crippen LogP contribution in [0.5, 0.6) is 0 Å². The lowest BCUT2D eigenvalue weighted by molar-refractivity contribution is 0.100. The monoisotopic (exact) mass is 590 g/mol. The molecular formula is C27H24F2N10O2S. The lowest BCUT2D eigenvalue weighted by Crippen LogP contribution is -2.17. The minimum atomic E-state index is -2.87. The van der Waals surface area contributed by atoms with E-state index in [-0.39, 0.29) is 21.1 Å². The molecule has 0 saturated carbocycles. The van der Waals surface area contributed by atoms with Crippen LogP contribution in [0.2, 0.25) is 0 Å². The van der Waals surface area contributed by atoms with Gasteiger partial charge in [0.15, 0.2) is 11.3 Å². The van der Waals surface area contributed by atoms with Crippen molar-refractivity contribution < 1.29 is 18.4 Å². The first kappa shape index (κ1) is 27.1. The Labute approximate surface area is 240 Å². The predicted molar refractivity (Wildman–Crippen MR) is 153 cm³/mol. The van der Waals surface area contributed by atoms with E-state index in [1.807, 2.05) is 20.9 Å². The number of carbonyl (C=O) groups excluding carboxylic acids is 2. The Balaban J connectivity index is 1.50. The second-order valence-corrected chi connectivity index (χ2v) is 10.6. The van der Waals surface area contributed by atoms with Gasteiger partial charge in [0.05, 0.1) is 23.3 Å². The standard InChI is InChI=1S/C27H24F2N10O2S/c1-5-38-11-16(12(2)35-38)14-8-17(24(28)29)33-27-21(14)22(23(42-27)25(30)40)34-26(41)18-9-20-31-7-6-19(39(20)36-18)15-10-32-37(4)13(15)3/h6-11,24H,5H2,1-4H3,(H2,30,40)(H,34,41). The van der Waals surface area contributed by atoms with E-state index in [0.29, 0.717) is 40.1 Å². The van der Waals surface area contributed by atoms with E-state index in [9.17, 15) is 18.4 Å². The van der Waals surface area contributed by atoms with Crippen LogP contribution >= 0.6 is 11.3 Å². The van der Waals surface area contributed by atoms with E-state index in [4.69, 9.17) is 5.73 Å². The number of fused-ring (bicyclic) bond motifs is 2. The van der Waals surface area contributed by atoms with Crippen molar-refractivity contribution in [2.75, 3.05) is 5.32 Å². The molecule has 0 aliphatic heterocycles. The number of hydrogen-bond donors (Lipinski definition) is 2. The fraction of sp³-hybridized carbons (Fsp3) is 0.222. The van der Waals surface area contributed by atoms with Gasteiger partial charge in [-0.25, -0.2) is 23.3 Å². The molecule has 214 valence electrons. The summed E-state index contributed by atoms with van der Waals surface area (Å²) in [4.78, 5) is 34.7. The number of rotatable bonds is 7. The number of primary amides is 1. The molecule has 15 heteroatoms. The third-order valence-corrected chi connectivity index (χ3v) is 8.13. The number of nitrogens with two attached hydrogens (primary N) is 1. The van der Waals surface area contributed by atoms with Crippen molar-refractivity contribution in [1.29, 1.82) is 0 Å². The molecule has 0 aromatic carbocycles. The van der Waals surface area contributed by atoms with Crippen molar-refractivity contribution >= 4 is 44.7 Å². The average molecular weight is 591 g/mol. The van der Waals surface area contributed by atoms with E-state index in [1.165, 1.54) is 16.6 Å². The first-order chi connectivity index (χ1) is 20.1. The molecule has 6 aromatic rings. The second kappa shape index (κ2) is 10.1. The molecule has 0 fully saturated rings. The number of alkyl halides is 2. The van der Waals surface area contributed by atoms with Crippen LogP contribution < -0.4 is 11.1 Å². The van der Waals surface area contributed by atoms with Crippen molar-refractivity contribution in [1.82, 2.24) is 39.1 Å². The van der Waals surface area contributed by atoms with Gasteiger partial charge in [-0.3, -0.25) is 19.0 Å². The minimum Gasteiger partial charge on any atom is -0.365 e. The SMILES string of the molecule is CCn1cc(-c2cc(C(F)F)nc3sc(C(N)=O)c(NC(=O)c4cc5nccc(-c6cnn(C)c6C)n5n4)c23)c(C)n1. The Morgan fingerprint density at radius 1 is 1.14 bits per heavy atom. The van der Waals surface area contributed by atoms with Crippen molar-refractivity contribution in [2.45, 2.75) is 33.7 Å². The number of pyridine rings is 1. The summed E-state index contributed by atoms with van der Waals surface area (Å²) < 4.78 is 32.7. The maximum atomic E-state index is 13.9. The van der Waals surface area contributed by atoms with Crippen LogP contribution in [0.1, 0.15) is 50.6 Å². The molecule has 42 heavy (non-hydrogen) atoms. The molecule has 3 N–H and O–H groups in total. The maximum absolute atomic E-state index is 13.9. The first-order valence-electron chi connectivity index (χ1n) is 12.8. The zero-order chi connectivity index (χ0) is 29.9. The summed E-state index contributed by atoms with van der Waals surface area (Å²) in [5, 5.41) is 16.3. The summed E-state index contributed by atoms with van der Waals surface area (Å²) >= 11 is 0.829. The summed E-state index contributed by atoms with van der Waals surface area (Å²) in [5.41, 5.74) is 9.58. The number of hydrogen-bond acceptors (Lipinski definition) is 8. The third kappa shape index (κ3) is 4.38. The summed E-state index contributed by atoms with van der Waals surface area (Å²) in [7, 11) is 1.82.